The third-order valence-electron chi connectivity index (χ3n) is 4.18. The fraction of sp³-hybridized carbons (Fsp3) is 0.100. The molecule has 0 spiro atoms. The van der Waals surface area contributed by atoms with Gasteiger partial charge in [0.05, 0.1) is 5.52 Å². The summed E-state index contributed by atoms with van der Waals surface area (Å²) in [6.45, 7) is 0.689. The van der Waals surface area contributed by atoms with Crippen LogP contribution in [0.3, 0.4) is 0 Å². The molecule has 0 amide bonds. The first-order valence-corrected chi connectivity index (χ1v) is 8.09. The average Bonchev–Trinajstić information content (AvgIpc) is 2.67. The fourth-order valence-electron chi connectivity index (χ4n) is 2.93. The lowest BCUT2D eigenvalue weighted by molar-refractivity contribution is 0.628. The molecule has 25 heavy (non-hydrogen) atoms. The summed E-state index contributed by atoms with van der Waals surface area (Å²) in [5.74, 6) is 1.22. The van der Waals surface area contributed by atoms with Crippen molar-refractivity contribution in [2.75, 3.05) is 18.9 Å². The Bertz CT molecular complexity index is 1010. The normalized spacial score (nSPS) is 13.4. The number of anilines is 1. The van der Waals surface area contributed by atoms with Gasteiger partial charge in [0.2, 0.25) is 0 Å². The molecule has 0 saturated heterocycles. The molecule has 0 bridgehead atoms. The third kappa shape index (κ3) is 2.96. The van der Waals surface area contributed by atoms with E-state index < -0.39 is 0 Å². The maximum absolute atomic E-state index is 13.5. The number of fused-ring (bicyclic) bond motifs is 1. The van der Waals surface area contributed by atoms with E-state index in [-0.39, 0.29) is 5.82 Å². The molecule has 3 aromatic rings. The highest BCUT2D eigenvalue weighted by atomic mass is 19.1. The second kappa shape index (κ2) is 6.36. The molecule has 1 aliphatic heterocycles. The van der Waals surface area contributed by atoms with Gasteiger partial charge < -0.3 is 10.6 Å². The van der Waals surface area contributed by atoms with Crippen LogP contribution in [-0.2, 0) is 0 Å². The van der Waals surface area contributed by atoms with Crippen molar-refractivity contribution in [3.63, 3.8) is 0 Å². The van der Waals surface area contributed by atoms with Gasteiger partial charge in [0.1, 0.15) is 11.6 Å². The van der Waals surface area contributed by atoms with Crippen molar-refractivity contribution in [1.29, 1.82) is 0 Å². The Morgan fingerprint density at radius 3 is 2.72 bits per heavy atom. The van der Waals surface area contributed by atoms with E-state index in [1.54, 1.807) is 6.07 Å². The van der Waals surface area contributed by atoms with Crippen LogP contribution in [0, 0.1) is 5.82 Å². The Balaban J connectivity index is 1.88. The van der Waals surface area contributed by atoms with Crippen LogP contribution in [0.25, 0.3) is 27.6 Å². The van der Waals surface area contributed by atoms with Crippen LogP contribution in [0.5, 0.6) is 0 Å². The largest absolute Gasteiger partial charge is 0.387 e. The summed E-state index contributed by atoms with van der Waals surface area (Å²) >= 11 is 0. The van der Waals surface area contributed by atoms with Gasteiger partial charge >= 0.3 is 0 Å². The van der Waals surface area contributed by atoms with Gasteiger partial charge in [-0.1, -0.05) is 24.3 Å². The molecule has 4 nitrogen and oxygen atoms in total. The maximum atomic E-state index is 13.5. The number of halogens is 1. The van der Waals surface area contributed by atoms with Crippen molar-refractivity contribution in [2.24, 2.45) is 0 Å². The minimum Gasteiger partial charge on any atom is -0.387 e. The van der Waals surface area contributed by atoms with Gasteiger partial charge in [-0.15, -0.1) is 0 Å². The van der Waals surface area contributed by atoms with E-state index in [1.807, 2.05) is 49.7 Å². The van der Waals surface area contributed by atoms with Crippen molar-refractivity contribution in [3.8, 4) is 11.1 Å². The molecule has 4 rings (SSSR count). The Hall–Kier alpha value is -3.21. The van der Waals surface area contributed by atoms with E-state index in [2.05, 4.69) is 15.6 Å². The quantitative estimate of drug-likeness (QED) is 0.762. The summed E-state index contributed by atoms with van der Waals surface area (Å²) in [4.78, 5) is 9.36. The van der Waals surface area contributed by atoms with Crippen LogP contribution < -0.4 is 10.6 Å². The van der Waals surface area contributed by atoms with E-state index in [4.69, 9.17) is 4.98 Å². The standard InChI is InChI=1S/C20H17FN4/c1-22-20-17-8-7-14(13-4-2-6-16(21)10-13)11-18(17)24-19(25-20)15-5-3-9-23-12-15/h2-11,23H,12H2,1H3,(H,22,24,25). The summed E-state index contributed by atoms with van der Waals surface area (Å²) in [6.07, 6.45) is 5.84. The van der Waals surface area contributed by atoms with E-state index in [0.29, 0.717) is 12.4 Å². The lowest BCUT2D eigenvalue weighted by atomic mass is 10.0. The second-order valence-corrected chi connectivity index (χ2v) is 5.82. The summed E-state index contributed by atoms with van der Waals surface area (Å²) < 4.78 is 13.5. The maximum Gasteiger partial charge on any atom is 0.159 e. The number of nitrogens with one attached hydrogen (secondary N) is 2. The highest BCUT2D eigenvalue weighted by Gasteiger charge is 2.12. The number of aromatic nitrogens is 2. The molecule has 0 saturated carbocycles. The van der Waals surface area contributed by atoms with Crippen LogP contribution >= 0.6 is 0 Å². The van der Waals surface area contributed by atoms with Crippen molar-refractivity contribution in [2.45, 2.75) is 0 Å². The van der Waals surface area contributed by atoms with Crippen molar-refractivity contribution >= 4 is 22.3 Å². The van der Waals surface area contributed by atoms with Gasteiger partial charge in [-0.05, 0) is 47.7 Å². The Morgan fingerprint density at radius 2 is 1.96 bits per heavy atom. The molecular weight excluding hydrogens is 315 g/mol. The molecule has 1 aliphatic rings. The van der Waals surface area contributed by atoms with Gasteiger partial charge in [0, 0.05) is 24.6 Å². The molecule has 2 heterocycles. The topological polar surface area (TPSA) is 49.8 Å². The molecule has 0 fully saturated rings. The molecule has 0 aliphatic carbocycles. The molecule has 1 aromatic heterocycles. The van der Waals surface area contributed by atoms with Crippen molar-refractivity contribution in [1.82, 2.24) is 15.3 Å². The average molecular weight is 332 g/mol. The van der Waals surface area contributed by atoms with Gasteiger partial charge in [-0.2, -0.15) is 0 Å². The number of nitrogens with zero attached hydrogens (tertiary/aromatic N) is 2. The van der Waals surface area contributed by atoms with E-state index in [9.17, 15) is 4.39 Å². The number of benzene rings is 2. The van der Waals surface area contributed by atoms with Gasteiger partial charge in [-0.25, -0.2) is 14.4 Å². The first kappa shape index (κ1) is 15.3. The number of hydrogen-bond acceptors (Lipinski definition) is 4. The second-order valence-electron chi connectivity index (χ2n) is 5.82. The number of rotatable bonds is 3. The fourth-order valence-corrected chi connectivity index (χ4v) is 2.93. The first-order valence-electron chi connectivity index (χ1n) is 8.09. The molecule has 0 radical (unpaired) electrons. The Morgan fingerprint density at radius 1 is 1.08 bits per heavy atom. The molecule has 0 unspecified atom stereocenters. The summed E-state index contributed by atoms with van der Waals surface area (Å²) in [7, 11) is 1.85. The SMILES string of the molecule is CNc1nc(C2=CC=CNC2)nc2cc(-c3cccc(F)c3)ccc12. The Kier molecular flexibility index (Phi) is 3.90. The summed E-state index contributed by atoms with van der Waals surface area (Å²) in [6, 6.07) is 12.5. The van der Waals surface area contributed by atoms with E-state index in [0.717, 1.165) is 33.4 Å². The molecule has 2 N–H and O–H groups in total. The monoisotopic (exact) mass is 332 g/mol. The minimum atomic E-state index is -0.248. The molecule has 124 valence electrons. The minimum absolute atomic E-state index is 0.248. The van der Waals surface area contributed by atoms with Gasteiger partial charge in [0.15, 0.2) is 5.82 Å². The lowest BCUT2D eigenvalue weighted by Crippen LogP contribution is -2.14. The molecule has 5 heteroatoms. The van der Waals surface area contributed by atoms with Crippen LogP contribution in [-0.4, -0.2) is 23.6 Å². The zero-order chi connectivity index (χ0) is 17.2. The number of dihydropyridines is 1. The summed E-state index contributed by atoms with van der Waals surface area (Å²) in [5, 5.41) is 7.25. The molecular formula is C20H17FN4. The Labute approximate surface area is 145 Å². The van der Waals surface area contributed by atoms with Gasteiger partial charge in [-0.3, -0.25) is 0 Å². The van der Waals surface area contributed by atoms with Crippen molar-refractivity contribution < 1.29 is 4.39 Å². The highest BCUT2D eigenvalue weighted by molar-refractivity contribution is 5.93. The van der Waals surface area contributed by atoms with Crippen LogP contribution in [0.4, 0.5) is 10.2 Å². The van der Waals surface area contributed by atoms with Gasteiger partial charge in [0.25, 0.3) is 0 Å². The molecule has 0 atom stereocenters. The number of hydrogen-bond donors (Lipinski definition) is 2. The zero-order valence-electron chi connectivity index (χ0n) is 13.8. The van der Waals surface area contributed by atoms with E-state index >= 15 is 0 Å². The van der Waals surface area contributed by atoms with Crippen molar-refractivity contribution in [3.05, 3.63) is 72.5 Å². The first-order chi connectivity index (χ1) is 12.2. The zero-order valence-corrected chi connectivity index (χ0v) is 13.8. The van der Waals surface area contributed by atoms with E-state index in [1.165, 1.54) is 12.1 Å². The number of allylic oxidation sites excluding steroid dienone is 2. The van der Waals surface area contributed by atoms with Crippen LogP contribution in [0.2, 0.25) is 0 Å². The van der Waals surface area contributed by atoms with Crippen LogP contribution in [0.1, 0.15) is 5.82 Å². The lowest BCUT2D eigenvalue weighted by Gasteiger charge is -2.13. The van der Waals surface area contributed by atoms with Crippen LogP contribution in [0.15, 0.2) is 60.8 Å². The molecule has 2 aromatic carbocycles. The predicted octanol–water partition coefficient (Wildman–Crippen LogP) is 3.98. The smallest absolute Gasteiger partial charge is 0.159 e. The third-order valence-corrected chi connectivity index (χ3v) is 4.18. The predicted molar refractivity (Wildman–Crippen MR) is 99.6 cm³/mol. The summed E-state index contributed by atoms with van der Waals surface area (Å²) in [5.41, 5.74) is 3.60. The highest BCUT2D eigenvalue weighted by Crippen LogP contribution is 2.28.